The molecule has 0 saturated carbocycles. The SMILES string of the molecule is O=S(=O)(NC1CCN2CCCCC12)c1ccc(CCO)s1. The molecule has 2 aliphatic rings. The van der Waals surface area contributed by atoms with E-state index < -0.39 is 10.0 Å². The number of hydrogen-bond donors (Lipinski definition) is 2. The molecule has 0 spiro atoms. The van der Waals surface area contributed by atoms with Gasteiger partial charge in [-0.25, -0.2) is 13.1 Å². The van der Waals surface area contributed by atoms with Crippen molar-refractivity contribution in [2.24, 2.45) is 0 Å². The molecule has 21 heavy (non-hydrogen) atoms. The zero-order chi connectivity index (χ0) is 14.9. The first kappa shape index (κ1) is 15.4. The third-order valence-electron chi connectivity index (χ3n) is 4.42. The second-order valence-corrected chi connectivity index (χ2v) is 8.92. The van der Waals surface area contributed by atoms with Crippen LogP contribution in [0.5, 0.6) is 0 Å². The van der Waals surface area contributed by atoms with Gasteiger partial charge in [-0.2, -0.15) is 0 Å². The molecule has 118 valence electrons. The lowest BCUT2D eigenvalue weighted by Gasteiger charge is -2.32. The summed E-state index contributed by atoms with van der Waals surface area (Å²) in [4.78, 5) is 3.33. The van der Waals surface area contributed by atoms with Gasteiger partial charge in [0.15, 0.2) is 0 Å². The number of hydrogen-bond acceptors (Lipinski definition) is 5. The van der Waals surface area contributed by atoms with Crippen LogP contribution in [0.1, 0.15) is 30.6 Å². The summed E-state index contributed by atoms with van der Waals surface area (Å²) in [5.74, 6) is 0. The summed E-state index contributed by atoms with van der Waals surface area (Å²) in [6, 6.07) is 3.84. The Morgan fingerprint density at radius 3 is 2.95 bits per heavy atom. The summed E-state index contributed by atoms with van der Waals surface area (Å²) < 4.78 is 28.3. The molecule has 2 atom stereocenters. The van der Waals surface area contributed by atoms with Crippen LogP contribution in [-0.4, -0.2) is 50.2 Å². The lowest BCUT2D eigenvalue weighted by Crippen LogP contribution is -2.46. The molecule has 5 nitrogen and oxygen atoms in total. The molecule has 0 aromatic carbocycles. The van der Waals surface area contributed by atoms with Crippen molar-refractivity contribution in [2.75, 3.05) is 19.7 Å². The summed E-state index contributed by atoms with van der Waals surface area (Å²) in [5.41, 5.74) is 0. The molecule has 3 rings (SSSR count). The Hall–Kier alpha value is -0.470. The fourth-order valence-electron chi connectivity index (χ4n) is 3.39. The predicted molar refractivity (Wildman–Crippen MR) is 83.0 cm³/mol. The quantitative estimate of drug-likeness (QED) is 0.851. The van der Waals surface area contributed by atoms with Gasteiger partial charge < -0.3 is 5.11 Å². The van der Waals surface area contributed by atoms with Crippen LogP contribution in [0, 0.1) is 0 Å². The Bertz CT molecular complexity index is 585. The molecule has 2 N–H and O–H groups in total. The lowest BCUT2D eigenvalue weighted by molar-refractivity contribution is 0.186. The zero-order valence-electron chi connectivity index (χ0n) is 12.0. The smallest absolute Gasteiger partial charge is 0.250 e. The van der Waals surface area contributed by atoms with Gasteiger partial charge in [0.05, 0.1) is 0 Å². The summed E-state index contributed by atoms with van der Waals surface area (Å²) in [6.45, 7) is 2.15. The van der Waals surface area contributed by atoms with Crippen LogP contribution in [-0.2, 0) is 16.4 Å². The number of nitrogens with one attached hydrogen (secondary N) is 1. The normalized spacial score (nSPS) is 26.9. The highest BCUT2D eigenvalue weighted by molar-refractivity contribution is 7.91. The van der Waals surface area contributed by atoms with Crippen molar-refractivity contribution in [2.45, 2.75) is 48.4 Å². The van der Waals surface area contributed by atoms with Crippen molar-refractivity contribution in [1.82, 2.24) is 9.62 Å². The van der Waals surface area contributed by atoms with Gasteiger partial charge in [0.2, 0.25) is 10.0 Å². The predicted octanol–water partition coefficient (Wildman–Crippen LogP) is 1.19. The minimum Gasteiger partial charge on any atom is -0.396 e. The van der Waals surface area contributed by atoms with E-state index in [2.05, 4.69) is 9.62 Å². The van der Waals surface area contributed by atoms with E-state index in [0.717, 1.165) is 30.8 Å². The number of aliphatic hydroxyl groups excluding tert-OH is 1. The summed E-state index contributed by atoms with van der Waals surface area (Å²) >= 11 is 1.25. The van der Waals surface area contributed by atoms with Gasteiger partial charge in [-0.15, -0.1) is 11.3 Å². The zero-order valence-corrected chi connectivity index (χ0v) is 13.6. The fraction of sp³-hybridized carbons (Fsp3) is 0.714. The van der Waals surface area contributed by atoms with E-state index in [1.54, 1.807) is 12.1 Å². The van der Waals surface area contributed by atoms with E-state index in [0.29, 0.717) is 16.7 Å². The Morgan fingerprint density at radius 1 is 1.29 bits per heavy atom. The van der Waals surface area contributed by atoms with Crippen LogP contribution in [0.4, 0.5) is 0 Å². The van der Waals surface area contributed by atoms with Crippen molar-refractivity contribution in [3.8, 4) is 0 Å². The van der Waals surface area contributed by atoms with Gasteiger partial charge in [0.25, 0.3) is 0 Å². The number of sulfonamides is 1. The van der Waals surface area contributed by atoms with E-state index in [9.17, 15) is 8.42 Å². The first-order valence-electron chi connectivity index (χ1n) is 7.56. The van der Waals surface area contributed by atoms with Crippen molar-refractivity contribution in [1.29, 1.82) is 0 Å². The molecule has 2 saturated heterocycles. The largest absolute Gasteiger partial charge is 0.396 e. The third-order valence-corrected chi connectivity index (χ3v) is 7.55. The summed E-state index contributed by atoms with van der Waals surface area (Å²) in [7, 11) is -3.43. The van der Waals surface area contributed by atoms with E-state index in [1.165, 1.54) is 24.2 Å². The summed E-state index contributed by atoms with van der Waals surface area (Å²) in [5, 5.41) is 8.93. The van der Waals surface area contributed by atoms with Crippen LogP contribution < -0.4 is 4.72 Å². The van der Waals surface area contributed by atoms with Crippen molar-refractivity contribution < 1.29 is 13.5 Å². The number of rotatable bonds is 5. The number of nitrogens with zero attached hydrogens (tertiary/aromatic N) is 1. The van der Waals surface area contributed by atoms with Crippen molar-refractivity contribution in [3.05, 3.63) is 17.0 Å². The molecule has 3 heterocycles. The van der Waals surface area contributed by atoms with Gasteiger partial charge >= 0.3 is 0 Å². The number of fused-ring (bicyclic) bond motifs is 1. The second kappa shape index (κ2) is 6.34. The van der Waals surface area contributed by atoms with Gasteiger partial charge in [0, 0.05) is 36.5 Å². The Morgan fingerprint density at radius 2 is 2.14 bits per heavy atom. The van der Waals surface area contributed by atoms with Crippen molar-refractivity contribution >= 4 is 21.4 Å². The molecule has 0 radical (unpaired) electrons. The summed E-state index contributed by atoms with van der Waals surface area (Å²) in [6.07, 6.45) is 4.93. The highest BCUT2D eigenvalue weighted by Gasteiger charge is 2.37. The molecule has 1 aromatic heterocycles. The standard InChI is InChI=1S/C14H22N2O3S2/c17-10-7-11-4-5-14(20-11)21(18,19)15-12-6-9-16-8-2-1-3-13(12)16/h4-5,12-13,15,17H,1-3,6-10H2. The molecule has 1 aromatic rings. The Labute approximate surface area is 130 Å². The highest BCUT2D eigenvalue weighted by atomic mass is 32.2. The monoisotopic (exact) mass is 330 g/mol. The van der Waals surface area contributed by atoms with Crippen LogP contribution in [0.15, 0.2) is 16.3 Å². The van der Waals surface area contributed by atoms with Crippen molar-refractivity contribution in [3.63, 3.8) is 0 Å². The van der Waals surface area contributed by atoms with E-state index in [4.69, 9.17) is 5.11 Å². The molecule has 2 unspecified atom stereocenters. The molecule has 7 heteroatoms. The maximum atomic E-state index is 12.5. The van der Waals surface area contributed by atoms with Crippen LogP contribution in [0.25, 0.3) is 0 Å². The van der Waals surface area contributed by atoms with Gasteiger partial charge in [0.1, 0.15) is 4.21 Å². The van der Waals surface area contributed by atoms with Gasteiger partial charge in [-0.05, 0) is 37.9 Å². The van der Waals surface area contributed by atoms with Gasteiger partial charge in [-0.3, -0.25) is 4.90 Å². The number of thiophene rings is 1. The molecular weight excluding hydrogens is 308 g/mol. The van der Waals surface area contributed by atoms with E-state index >= 15 is 0 Å². The van der Waals surface area contributed by atoms with Crippen LogP contribution >= 0.6 is 11.3 Å². The average Bonchev–Trinajstić information content (AvgIpc) is 3.07. The minimum atomic E-state index is -3.43. The second-order valence-electron chi connectivity index (χ2n) is 5.81. The number of piperidine rings is 1. The lowest BCUT2D eigenvalue weighted by atomic mass is 10.00. The Balaban J connectivity index is 1.70. The highest BCUT2D eigenvalue weighted by Crippen LogP contribution is 2.29. The molecule has 0 aliphatic carbocycles. The van der Waals surface area contributed by atoms with E-state index in [-0.39, 0.29) is 12.6 Å². The number of aliphatic hydroxyl groups is 1. The first-order chi connectivity index (χ1) is 10.1. The van der Waals surface area contributed by atoms with Gasteiger partial charge in [-0.1, -0.05) is 6.42 Å². The molecule has 0 amide bonds. The maximum Gasteiger partial charge on any atom is 0.250 e. The minimum absolute atomic E-state index is 0.0405. The molecule has 2 aliphatic heterocycles. The molecule has 0 bridgehead atoms. The van der Waals surface area contributed by atoms with Crippen LogP contribution in [0.2, 0.25) is 0 Å². The maximum absolute atomic E-state index is 12.5. The van der Waals surface area contributed by atoms with Crippen LogP contribution in [0.3, 0.4) is 0 Å². The van der Waals surface area contributed by atoms with E-state index in [1.807, 2.05) is 0 Å². The molecule has 2 fully saturated rings. The molecular formula is C14H22N2O3S2. The average molecular weight is 330 g/mol. The Kier molecular flexibility index (Phi) is 4.66. The third kappa shape index (κ3) is 3.32. The fourth-order valence-corrected chi connectivity index (χ4v) is 6.05. The topological polar surface area (TPSA) is 69.6 Å². The first-order valence-corrected chi connectivity index (χ1v) is 9.86.